The Hall–Kier alpha value is -2.91. The highest BCUT2D eigenvalue weighted by Crippen LogP contribution is 2.05. The molecule has 0 radical (unpaired) electrons. The Kier molecular flexibility index (Phi) is 6.45. The van der Waals surface area contributed by atoms with Gasteiger partial charge in [-0.3, -0.25) is 23.7 Å². The van der Waals surface area contributed by atoms with Crippen LogP contribution in [0.2, 0.25) is 0 Å². The minimum absolute atomic E-state index is 0.222. The average molecular weight is 339 g/mol. The molecule has 2 N–H and O–H groups in total. The van der Waals surface area contributed by atoms with E-state index in [1.165, 1.54) is 14.1 Å². The Labute approximate surface area is 137 Å². The Bertz CT molecular complexity index is 777. The molecule has 10 heteroatoms. The van der Waals surface area contributed by atoms with Crippen LogP contribution in [0.15, 0.2) is 14.6 Å². The molecule has 24 heavy (non-hydrogen) atoms. The molecular weight excluding hydrogens is 320 g/mol. The van der Waals surface area contributed by atoms with E-state index in [-0.39, 0.29) is 12.0 Å². The number of carbonyl (C=O) groups is 2. The number of carboxylic acids is 1. The number of aromatic nitrogens is 2. The molecule has 0 unspecified atom stereocenters. The second-order valence-corrected chi connectivity index (χ2v) is 5.14. The molecule has 0 aromatic carbocycles. The minimum atomic E-state index is -1.39. The first-order chi connectivity index (χ1) is 11.2. The number of aliphatic carboxylic acids is 1. The third-order valence-corrected chi connectivity index (χ3v) is 3.32. The van der Waals surface area contributed by atoms with Crippen molar-refractivity contribution in [1.29, 1.82) is 0 Å². The van der Waals surface area contributed by atoms with Gasteiger partial charge >= 0.3 is 5.69 Å². The van der Waals surface area contributed by atoms with Gasteiger partial charge in [0.1, 0.15) is 12.1 Å². The molecule has 132 valence electrons. The summed E-state index contributed by atoms with van der Waals surface area (Å²) in [7, 11) is 2.51. The number of aromatic hydroxyl groups is 1. The quantitative estimate of drug-likeness (QED) is 0.515. The van der Waals surface area contributed by atoms with Gasteiger partial charge in [-0.25, -0.2) is 4.79 Å². The highest BCUT2D eigenvalue weighted by Gasteiger charge is 2.14. The zero-order valence-corrected chi connectivity index (χ0v) is 13.6. The summed E-state index contributed by atoms with van der Waals surface area (Å²) in [5.41, 5.74) is -1.72. The molecule has 0 aliphatic carbocycles. The number of nitrogens with one attached hydrogen (secondary N) is 1. The summed E-state index contributed by atoms with van der Waals surface area (Å²) in [5.74, 6) is -2.64. The number of carboxylic acid groups (broad SMARTS) is 1. The zero-order valence-electron chi connectivity index (χ0n) is 13.6. The number of nitrogens with zero attached hydrogens (tertiary/aromatic N) is 3. The van der Waals surface area contributed by atoms with Crippen LogP contribution in [0.3, 0.4) is 0 Å². The summed E-state index contributed by atoms with van der Waals surface area (Å²) >= 11 is 0. The molecule has 0 aliphatic heterocycles. The van der Waals surface area contributed by atoms with E-state index in [4.69, 9.17) is 0 Å². The number of aliphatic imine (C=N–C) groups is 1. The summed E-state index contributed by atoms with van der Waals surface area (Å²) in [6.07, 6.45) is 1.73. The van der Waals surface area contributed by atoms with Crippen LogP contribution in [0.5, 0.6) is 5.88 Å². The van der Waals surface area contributed by atoms with Crippen LogP contribution in [0.25, 0.3) is 0 Å². The Morgan fingerprint density at radius 2 is 1.96 bits per heavy atom. The topological polar surface area (TPSA) is 146 Å². The molecule has 1 amide bonds. The van der Waals surface area contributed by atoms with E-state index in [1.807, 2.05) is 0 Å². The molecule has 0 spiro atoms. The summed E-state index contributed by atoms with van der Waals surface area (Å²) in [5, 5.41) is 22.9. The normalized spacial score (nSPS) is 12.3. The lowest BCUT2D eigenvalue weighted by molar-refractivity contribution is -0.308. The number of rotatable bonds is 7. The van der Waals surface area contributed by atoms with Crippen molar-refractivity contribution in [1.82, 2.24) is 14.5 Å². The van der Waals surface area contributed by atoms with Gasteiger partial charge in [0.05, 0.1) is 12.0 Å². The van der Waals surface area contributed by atoms with Gasteiger partial charge in [0.25, 0.3) is 5.56 Å². The fourth-order valence-electron chi connectivity index (χ4n) is 1.97. The van der Waals surface area contributed by atoms with E-state index >= 15 is 0 Å². The van der Waals surface area contributed by atoms with E-state index < -0.39 is 41.6 Å². The largest absolute Gasteiger partial charge is 0.548 e. The molecule has 0 fully saturated rings. The third kappa shape index (κ3) is 4.31. The van der Waals surface area contributed by atoms with E-state index in [0.29, 0.717) is 6.42 Å². The molecule has 0 bridgehead atoms. The maximum absolute atomic E-state index is 11.9. The van der Waals surface area contributed by atoms with Gasteiger partial charge in [-0.1, -0.05) is 13.3 Å². The van der Waals surface area contributed by atoms with Crippen LogP contribution in [0.4, 0.5) is 0 Å². The first kappa shape index (κ1) is 19.1. The highest BCUT2D eigenvalue weighted by molar-refractivity contribution is 5.87. The van der Waals surface area contributed by atoms with E-state index in [2.05, 4.69) is 10.3 Å². The van der Waals surface area contributed by atoms with Crippen molar-refractivity contribution in [3.8, 4) is 5.88 Å². The first-order valence-corrected chi connectivity index (χ1v) is 7.19. The van der Waals surface area contributed by atoms with Crippen LogP contribution in [0.1, 0.15) is 25.3 Å². The SMILES string of the molecule is CCC[C@@H](NC(=O)CN=Cc1c(O)n(C)c(=O)n(C)c1=O)C(=O)[O-]. The Morgan fingerprint density at radius 3 is 2.50 bits per heavy atom. The molecule has 1 atom stereocenters. The highest BCUT2D eigenvalue weighted by atomic mass is 16.4. The molecule has 1 heterocycles. The monoisotopic (exact) mass is 339 g/mol. The van der Waals surface area contributed by atoms with Crippen LogP contribution >= 0.6 is 0 Å². The van der Waals surface area contributed by atoms with E-state index in [1.54, 1.807) is 6.92 Å². The summed E-state index contributed by atoms with van der Waals surface area (Å²) < 4.78 is 1.64. The van der Waals surface area contributed by atoms with Crippen molar-refractivity contribution in [2.75, 3.05) is 6.54 Å². The lowest BCUT2D eigenvalue weighted by Gasteiger charge is -2.18. The predicted octanol–water partition coefficient (Wildman–Crippen LogP) is -2.76. The van der Waals surface area contributed by atoms with Gasteiger partial charge in [-0.2, -0.15) is 0 Å². The fraction of sp³-hybridized carbons (Fsp3) is 0.500. The second-order valence-electron chi connectivity index (χ2n) is 5.14. The van der Waals surface area contributed by atoms with Crippen molar-refractivity contribution < 1.29 is 19.8 Å². The number of hydrogen-bond donors (Lipinski definition) is 2. The maximum Gasteiger partial charge on any atom is 0.333 e. The molecule has 1 rings (SSSR count). The van der Waals surface area contributed by atoms with Gasteiger partial charge < -0.3 is 20.3 Å². The van der Waals surface area contributed by atoms with E-state index in [0.717, 1.165) is 15.3 Å². The van der Waals surface area contributed by atoms with Crippen molar-refractivity contribution >= 4 is 18.1 Å². The zero-order chi connectivity index (χ0) is 18.4. The Morgan fingerprint density at radius 1 is 1.33 bits per heavy atom. The maximum atomic E-state index is 11.9. The summed E-state index contributed by atoms with van der Waals surface area (Å²) in [4.78, 5) is 49.7. The van der Waals surface area contributed by atoms with Crippen molar-refractivity contribution in [3.05, 3.63) is 26.4 Å². The average Bonchev–Trinajstić information content (AvgIpc) is 2.53. The molecule has 1 aromatic rings. The van der Waals surface area contributed by atoms with Gasteiger partial charge in [-0.05, 0) is 6.42 Å². The summed E-state index contributed by atoms with van der Waals surface area (Å²) in [6.45, 7) is 1.32. The lowest BCUT2D eigenvalue weighted by Crippen LogP contribution is -2.48. The molecule has 0 aliphatic rings. The molecular formula is C14H19N4O6-. The molecule has 1 aromatic heterocycles. The number of amides is 1. The Balaban J connectivity index is 2.89. The van der Waals surface area contributed by atoms with Crippen LogP contribution in [-0.4, -0.2) is 44.9 Å². The standard InChI is InChI=1S/C14H20N4O6/c1-4-5-9(13(22)23)16-10(19)7-15-6-8-11(20)17(2)14(24)18(3)12(8)21/h6,9,20H,4-5,7H2,1-3H3,(H,16,19)(H,22,23)/p-1/t9-/m1/s1. The van der Waals surface area contributed by atoms with Crippen molar-refractivity contribution in [2.45, 2.75) is 25.8 Å². The predicted molar refractivity (Wildman–Crippen MR) is 82.9 cm³/mol. The van der Waals surface area contributed by atoms with Gasteiger partial charge in [0, 0.05) is 20.3 Å². The van der Waals surface area contributed by atoms with Crippen LogP contribution in [0, 0.1) is 0 Å². The molecule has 10 nitrogen and oxygen atoms in total. The fourth-order valence-corrected chi connectivity index (χ4v) is 1.97. The van der Waals surface area contributed by atoms with Crippen LogP contribution < -0.4 is 21.7 Å². The second kappa shape index (κ2) is 8.09. The molecule has 0 saturated heterocycles. The lowest BCUT2D eigenvalue weighted by atomic mass is 10.1. The van der Waals surface area contributed by atoms with Gasteiger partial charge in [0.2, 0.25) is 11.8 Å². The molecule has 0 saturated carbocycles. The van der Waals surface area contributed by atoms with Gasteiger partial charge in [0.15, 0.2) is 0 Å². The smallest absolute Gasteiger partial charge is 0.333 e. The van der Waals surface area contributed by atoms with E-state index in [9.17, 15) is 29.4 Å². The van der Waals surface area contributed by atoms with Crippen LogP contribution in [-0.2, 0) is 23.7 Å². The van der Waals surface area contributed by atoms with Gasteiger partial charge in [-0.15, -0.1) is 0 Å². The first-order valence-electron chi connectivity index (χ1n) is 7.19. The minimum Gasteiger partial charge on any atom is -0.548 e. The van der Waals surface area contributed by atoms with Crippen molar-refractivity contribution in [3.63, 3.8) is 0 Å². The number of carbonyl (C=O) groups excluding carboxylic acids is 2. The van der Waals surface area contributed by atoms with Crippen molar-refractivity contribution in [2.24, 2.45) is 19.1 Å². The summed E-state index contributed by atoms with van der Waals surface area (Å²) in [6, 6.07) is -1.11. The third-order valence-electron chi connectivity index (χ3n) is 3.32. The number of hydrogen-bond acceptors (Lipinski definition) is 7.